The minimum absolute atomic E-state index is 0.170. The molecule has 1 N–H and O–H groups in total. The molecule has 0 saturated carbocycles. The summed E-state index contributed by atoms with van der Waals surface area (Å²) in [4.78, 5) is 0. The molecule has 4 nitrogen and oxygen atoms in total. The zero-order chi connectivity index (χ0) is 15.0. The minimum Gasteiger partial charge on any atom is -0.493 e. The van der Waals surface area contributed by atoms with Gasteiger partial charge >= 0.3 is 0 Å². The van der Waals surface area contributed by atoms with E-state index < -0.39 is 0 Å². The van der Waals surface area contributed by atoms with Gasteiger partial charge in [0.1, 0.15) is 6.61 Å². The van der Waals surface area contributed by atoms with Crippen molar-refractivity contribution < 1.29 is 19.3 Å². The van der Waals surface area contributed by atoms with Crippen molar-refractivity contribution in [3.05, 3.63) is 29.3 Å². The molecule has 0 amide bonds. The molecule has 0 unspecified atom stereocenters. The minimum atomic E-state index is 0.170. The van der Waals surface area contributed by atoms with Crippen molar-refractivity contribution in [2.24, 2.45) is 0 Å². The van der Waals surface area contributed by atoms with Gasteiger partial charge in [-0.05, 0) is 50.0 Å². The lowest BCUT2D eigenvalue weighted by Crippen LogP contribution is -2.03. The van der Waals surface area contributed by atoms with E-state index in [4.69, 9.17) is 19.3 Å². The lowest BCUT2D eigenvalue weighted by atomic mass is 10.1. The Labute approximate surface area is 121 Å². The van der Waals surface area contributed by atoms with Crippen LogP contribution in [0.2, 0.25) is 0 Å². The maximum Gasteiger partial charge on any atom is 0.203 e. The first-order chi connectivity index (χ1) is 9.65. The van der Waals surface area contributed by atoms with E-state index in [9.17, 15) is 0 Å². The average molecular weight is 280 g/mol. The fraction of sp³-hybridized carbons (Fsp3) is 0.500. The Kier molecular flexibility index (Phi) is 6.94. The number of methoxy groups -OCH3 is 2. The smallest absolute Gasteiger partial charge is 0.203 e. The molecule has 0 aliphatic rings. The number of allylic oxidation sites excluding steroid dienone is 1. The van der Waals surface area contributed by atoms with Crippen LogP contribution in [-0.4, -0.2) is 32.5 Å². The normalized spacial score (nSPS) is 11.3. The maximum atomic E-state index is 8.91. The van der Waals surface area contributed by atoms with E-state index in [0.717, 1.165) is 17.6 Å². The van der Waals surface area contributed by atoms with Crippen LogP contribution in [0.15, 0.2) is 23.8 Å². The second kappa shape index (κ2) is 8.48. The van der Waals surface area contributed by atoms with E-state index in [2.05, 4.69) is 0 Å². The van der Waals surface area contributed by atoms with Gasteiger partial charge in [-0.3, -0.25) is 0 Å². The van der Waals surface area contributed by atoms with Crippen LogP contribution in [0, 0.1) is 0 Å². The van der Waals surface area contributed by atoms with Crippen molar-refractivity contribution >= 4 is 0 Å². The molecule has 0 bridgehead atoms. The number of aryl methyl sites for hydroxylation is 1. The van der Waals surface area contributed by atoms with E-state index in [1.54, 1.807) is 14.2 Å². The van der Waals surface area contributed by atoms with Crippen molar-refractivity contribution in [1.82, 2.24) is 0 Å². The standard InChI is InChI=1S/C16H24O4/c1-5-12(2)11-20-16-14(18-3)9-13(7-6-8-17)10-15(16)19-4/h5,9-10,17H,6-8,11H2,1-4H3/b12-5-. The monoisotopic (exact) mass is 280 g/mol. The quantitative estimate of drug-likeness (QED) is 0.744. The Bertz CT molecular complexity index is 427. The van der Waals surface area contributed by atoms with Gasteiger partial charge in [0.05, 0.1) is 14.2 Å². The van der Waals surface area contributed by atoms with Crippen LogP contribution in [0.3, 0.4) is 0 Å². The van der Waals surface area contributed by atoms with Crippen LogP contribution >= 0.6 is 0 Å². The van der Waals surface area contributed by atoms with Crippen molar-refractivity contribution in [2.75, 3.05) is 27.4 Å². The van der Waals surface area contributed by atoms with Gasteiger partial charge in [0.25, 0.3) is 0 Å². The molecule has 0 fully saturated rings. The molecule has 0 aromatic heterocycles. The zero-order valence-corrected chi connectivity index (χ0v) is 12.7. The van der Waals surface area contributed by atoms with Gasteiger partial charge in [0, 0.05) is 6.61 Å². The van der Waals surface area contributed by atoms with Crippen molar-refractivity contribution in [3.63, 3.8) is 0 Å². The third-order valence-corrected chi connectivity index (χ3v) is 3.08. The second-order valence-electron chi connectivity index (χ2n) is 4.58. The highest BCUT2D eigenvalue weighted by Crippen LogP contribution is 2.39. The van der Waals surface area contributed by atoms with Gasteiger partial charge in [0.2, 0.25) is 5.75 Å². The summed E-state index contributed by atoms with van der Waals surface area (Å²) in [5.74, 6) is 1.92. The summed E-state index contributed by atoms with van der Waals surface area (Å²) in [6.07, 6.45) is 3.50. The molecule has 1 aromatic carbocycles. The molecule has 4 heteroatoms. The summed E-state index contributed by atoms with van der Waals surface area (Å²) in [6, 6.07) is 3.86. The van der Waals surface area contributed by atoms with E-state index in [1.807, 2.05) is 32.1 Å². The highest BCUT2D eigenvalue weighted by molar-refractivity contribution is 5.54. The fourth-order valence-electron chi connectivity index (χ4n) is 1.77. The molecular weight excluding hydrogens is 256 g/mol. The Hall–Kier alpha value is -1.68. The molecule has 1 rings (SSSR count). The third-order valence-electron chi connectivity index (χ3n) is 3.08. The van der Waals surface area contributed by atoms with Crippen LogP contribution in [-0.2, 0) is 6.42 Å². The Balaban J connectivity index is 3.01. The number of aliphatic hydroxyl groups is 1. The topological polar surface area (TPSA) is 47.9 Å². The zero-order valence-electron chi connectivity index (χ0n) is 12.7. The van der Waals surface area contributed by atoms with E-state index in [-0.39, 0.29) is 6.61 Å². The summed E-state index contributed by atoms with van der Waals surface area (Å²) < 4.78 is 16.6. The van der Waals surface area contributed by atoms with Gasteiger partial charge in [0.15, 0.2) is 11.5 Å². The number of benzene rings is 1. The molecule has 0 aliphatic carbocycles. The Morgan fingerprint density at radius 2 is 1.80 bits per heavy atom. The maximum absolute atomic E-state index is 8.91. The number of rotatable bonds is 8. The summed E-state index contributed by atoms with van der Waals surface area (Å²) >= 11 is 0. The molecule has 1 aromatic rings. The largest absolute Gasteiger partial charge is 0.493 e. The summed E-state index contributed by atoms with van der Waals surface area (Å²) in [5.41, 5.74) is 2.20. The first kappa shape index (κ1) is 16.4. The van der Waals surface area contributed by atoms with Crippen LogP contribution in [0.1, 0.15) is 25.8 Å². The predicted molar refractivity (Wildman–Crippen MR) is 79.9 cm³/mol. The predicted octanol–water partition coefficient (Wildman–Crippen LogP) is 2.97. The molecule has 112 valence electrons. The fourth-order valence-corrected chi connectivity index (χ4v) is 1.77. The van der Waals surface area contributed by atoms with E-state index in [1.165, 1.54) is 0 Å². The van der Waals surface area contributed by atoms with Gasteiger partial charge in [-0.2, -0.15) is 0 Å². The van der Waals surface area contributed by atoms with E-state index in [0.29, 0.717) is 30.3 Å². The van der Waals surface area contributed by atoms with Gasteiger partial charge in [-0.25, -0.2) is 0 Å². The Morgan fingerprint density at radius 1 is 1.20 bits per heavy atom. The van der Waals surface area contributed by atoms with Crippen LogP contribution in [0.5, 0.6) is 17.2 Å². The molecule has 0 spiro atoms. The molecule has 0 heterocycles. The summed E-state index contributed by atoms with van der Waals surface area (Å²) in [6.45, 7) is 4.66. The lowest BCUT2D eigenvalue weighted by molar-refractivity contribution is 0.286. The van der Waals surface area contributed by atoms with Crippen molar-refractivity contribution in [2.45, 2.75) is 26.7 Å². The summed E-state index contributed by atoms with van der Waals surface area (Å²) in [7, 11) is 3.22. The van der Waals surface area contributed by atoms with E-state index >= 15 is 0 Å². The van der Waals surface area contributed by atoms with Crippen LogP contribution in [0.4, 0.5) is 0 Å². The highest BCUT2D eigenvalue weighted by atomic mass is 16.5. The molecule has 0 radical (unpaired) electrons. The Morgan fingerprint density at radius 3 is 2.25 bits per heavy atom. The van der Waals surface area contributed by atoms with Crippen LogP contribution < -0.4 is 14.2 Å². The van der Waals surface area contributed by atoms with Gasteiger partial charge < -0.3 is 19.3 Å². The number of hydrogen-bond donors (Lipinski definition) is 1. The number of aliphatic hydroxyl groups excluding tert-OH is 1. The molecule has 0 saturated heterocycles. The number of ether oxygens (including phenoxy) is 3. The first-order valence-electron chi connectivity index (χ1n) is 6.76. The molecule has 20 heavy (non-hydrogen) atoms. The second-order valence-corrected chi connectivity index (χ2v) is 4.58. The number of hydrogen-bond acceptors (Lipinski definition) is 4. The SMILES string of the molecule is C/C=C(/C)COc1c(OC)cc(CCCO)cc1OC. The van der Waals surface area contributed by atoms with Crippen molar-refractivity contribution in [1.29, 1.82) is 0 Å². The van der Waals surface area contributed by atoms with Crippen molar-refractivity contribution in [3.8, 4) is 17.2 Å². The van der Waals surface area contributed by atoms with Gasteiger partial charge in [-0.15, -0.1) is 0 Å². The average Bonchev–Trinajstić information content (AvgIpc) is 2.49. The molecule has 0 aliphatic heterocycles. The van der Waals surface area contributed by atoms with Gasteiger partial charge in [-0.1, -0.05) is 6.08 Å². The summed E-state index contributed by atoms with van der Waals surface area (Å²) in [5, 5.41) is 8.91. The lowest BCUT2D eigenvalue weighted by Gasteiger charge is -2.16. The molecule has 0 atom stereocenters. The molecular formula is C16H24O4. The third kappa shape index (κ3) is 4.46. The first-order valence-corrected chi connectivity index (χ1v) is 6.76. The highest BCUT2D eigenvalue weighted by Gasteiger charge is 2.14. The van der Waals surface area contributed by atoms with Crippen LogP contribution in [0.25, 0.3) is 0 Å².